The van der Waals surface area contributed by atoms with E-state index in [2.05, 4.69) is 5.32 Å². The van der Waals surface area contributed by atoms with Gasteiger partial charge in [0.1, 0.15) is 0 Å². The Hall–Kier alpha value is -0.330. The molecule has 5 nitrogen and oxygen atoms in total. The van der Waals surface area contributed by atoms with Crippen molar-refractivity contribution in [2.45, 2.75) is 45.1 Å². The van der Waals surface area contributed by atoms with E-state index in [1.165, 1.54) is 4.31 Å². The minimum absolute atomic E-state index is 0.00974. The van der Waals surface area contributed by atoms with Gasteiger partial charge in [0, 0.05) is 31.4 Å². The van der Waals surface area contributed by atoms with Crippen molar-refractivity contribution >= 4 is 27.5 Å². The molecule has 1 aliphatic rings. The molecule has 0 aromatic heterocycles. The fraction of sp³-hybridized carbons (Fsp3) is 0.917. The number of rotatable bonds is 7. The van der Waals surface area contributed by atoms with E-state index in [0.29, 0.717) is 51.1 Å². The van der Waals surface area contributed by atoms with Crippen molar-refractivity contribution in [1.29, 1.82) is 0 Å². The summed E-state index contributed by atoms with van der Waals surface area (Å²) in [7, 11) is -3.10. The van der Waals surface area contributed by atoms with Crippen LogP contribution in [0.2, 0.25) is 0 Å². The van der Waals surface area contributed by atoms with Crippen molar-refractivity contribution in [3.63, 3.8) is 0 Å². The number of carbonyl (C=O) groups excluding carboxylic acids is 1. The molecule has 19 heavy (non-hydrogen) atoms. The number of sulfonamides is 1. The van der Waals surface area contributed by atoms with Gasteiger partial charge in [0.25, 0.3) is 0 Å². The first kappa shape index (κ1) is 16.7. The monoisotopic (exact) mass is 310 g/mol. The molecule has 1 rings (SSSR count). The first-order chi connectivity index (χ1) is 8.99. The highest BCUT2D eigenvalue weighted by atomic mass is 35.5. The van der Waals surface area contributed by atoms with Crippen LogP contribution in [0.15, 0.2) is 0 Å². The SMILES string of the molecule is CCCS(=O)(=O)N1CCC(NC(=O)CCCCl)CC1. The highest BCUT2D eigenvalue weighted by molar-refractivity contribution is 7.89. The van der Waals surface area contributed by atoms with Gasteiger partial charge < -0.3 is 5.32 Å². The van der Waals surface area contributed by atoms with Gasteiger partial charge in [-0.2, -0.15) is 0 Å². The second-order valence-electron chi connectivity index (χ2n) is 4.85. The molecule has 0 aliphatic carbocycles. The third kappa shape index (κ3) is 5.67. The average molecular weight is 311 g/mol. The Bertz CT molecular complexity index is 378. The fourth-order valence-electron chi connectivity index (χ4n) is 2.19. The van der Waals surface area contributed by atoms with E-state index in [4.69, 9.17) is 11.6 Å². The molecule has 0 unspecified atom stereocenters. The lowest BCUT2D eigenvalue weighted by atomic mass is 10.1. The van der Waals surface area contributed by atoms with Crippen LogP contribution >= 0.6 is 11.6 Å². The van der Waals surface area contributed by atoms with Crippen molar-refractivity contribution in [1.82, 2.24) is 9.62 Å². The highest BCUT2D eigenvalue weighted by Crippen LogP contribution is 2.15. The summed E-state index contributed by atoms with van der Waals surface area (Å²) in [5, 5.41) is 2.94. The first-order valence-electron chi connectivity index (χ1n) is 6.82. The minimum Gasteiger partial charge on any atom is -0.353 e. The molecule has 7 heteroatoms. The lowest BCUT2D eigenvalue weighted by Gasteiger charge is -2.31. The van der Waals surface area contributed by atoms with Crippen LogP contribution in [-0.4, -0.2) is 49.4 Å². The van der Waals surface area contributed by atoms with Gasteiger partial charge >= 0.3 is 0 Å². The largest absolute Gasteiger partial charge is 0.353 e. The summed E-state index contributed by atoms with van der Waals surface area (Å²) in [6, 6.07) is 0.0934. The van der Waals surface area contributed by atoms with E-state index in [1.54, 1.807) is 0 Å². The van der Waals surface area contributed by atoms with Crippen LogP contribution < -0.4 is 5.32 Å². The van der Waals surface area contributed by atoms with Crippen LogP contribution in [0.1, 0.15) is 39.0 Å². The molecule has 1 amide bonds. The van der Waals surface area contributed by atoms with E-state index in [1.807, 2.05) is 6.92 Å². The third-order valence-corrected chi connectivity index (χ3v) is 5.56. The van der Waals surface area contributed by atoms with E-state index in [-0.39, 0.29) is 17.7 Å². The van der Waals surface area contributed by atoms with Crippen LogP contribution in [0.5, 0.6) is 0 Å². The molecule has 1 aliphatic heterocycles. The molecule has 0 bridgehead atoms. The molecule has 1 N–H and O–H groups in total. The smallest absolute Gasteiger partial charge is 0.220 e. The molecule has 0 spiro atoms. The normalized spacial score (nSPS) is 18.4. The zero-order valence-corrected chi connectivity index (χ0v) is 13.0. The van der Waals surface area contributed by atoms with Crippen LogP contribution in [0.4, 0.5) is 0 Å². The molecule has 1 fully saturated rings. The topological polar surface area (TPSA) is 66.5 Å². The lowest BCUT2D eigenvalue weighted by Crippen LogP contribution is -2.47. The molecule has 1 saturated heterocycles. The molecule has 0 radical (unpaired) electrons. The van der Waals surface area contributed by atoms with E-state index in [0.717, 1.165) is 0 Å². The Morgan fingerprint density at radius 1 is 1.37 bits per heavy atom. The average Bonchev–Trinajstić information content (AvgIpc) is 2.37. The fourth-order valence-corrected chi connectivity index (χ4v) is 3.87. The van der Waals surface area contributed by atoms with Gasteiger partial charge in [-0.3, -0.25) is 4.79 Å². The lowest BCUT2D eigenvalue weighted by molar-refractivity contribution is -0.122. The van der Waals surface area contributed by atoms with Gasteiger partial charge in [0.05, 0.1) is 5.75 Å². The molecule has 0 aromatic carbocycles. The number of nitrogens with one attached hydrogen (secondary N) is 1. The van der Waals surface area contributed by atoms with E-state index in [9.17, 15) is 13.2 Å². The number of carbonyl (C=O) groups is 1. The molecule has 1 heterocycles. The van der Waals surface area contributed by atoms with Crippen molar-refractivity contribution in [3.8, 4) is 0 Å². The van der Waals surface area contributed by atoms with Gasteiger partial charge in [-0.05, 0) is 25.7 Å². The van der Waals surface area contributed by atoms with Crippen molar-refractivity contribution in [2.24, 2.45) is 0 Å². The second-order valence-corrected chi connectivity index (χ2v) is 7.32. The van der Waals surface area contributed by atoms with Crippen LogP contribution in [0, 0.1) is 0 Å². The molecule has 0 aromatic rings. The van der Waals surface area contributed by atoms with Gasteiger partial charge in [-0.1, -0.05) is 6.92 Å². The van der Waals surface area contributed by atoms with Crippen molar-refractivity contribution in [2.75, 3.05) is 24.7 Å². The zero-order chi connectivity index (χ0) is 14.3. The maximum absolute atomic E-state index is 11.9. The molecular formula is C12H23ClN2O3S. The van der Waals surface area contributed by atoms with Gasteiger partial charge in [-0.15, -0.1) is 11.6 Å². The summed E-state index contributed by atoms with van der Waals surface area (Å²) in [5.41, 5.74) is 0. The number of piperidine rings is 1. The summed E-state index contributed by atoms with van der Waals surface area (Å²) in [6.45, 7) is 2.87. The first-order valence-corrected chi connectivity index (χ1v) is 8.97. The summed E-state index contributed by atoms with van der Waals surface area (Å²) in [4.78, 5) is 11.5. The van der Waals surface area contributed by atoms with Crippen LogP contribution in [-0.2, 0) is 14.8 Å². The van der Waals surface area contributed by atoms with E-state index < -0.39 is 10.0 Å². The Labute approximate surface area is 120 Å². The van der Waals surface area contributed by atoms with Gasteiger partial charge in [0.2, 0.25) is 15.9 Å². The minimum atomic E-state index is -3.10. The molecule has 0 atom stereocenters. The second kappa shape index (κ2) is 8.07. The number of amides is 1. The Balaban J connectivity index is 2.35. The number of nitrogens with zero attached hydrogens (tertiary/aromatic N) is 1. The van der Waals surface area contributed by atoms with Crippen molar-refractivity contribution < 1.29 is 13.2 Å². The standard InChI is InChI=1S/C12H23ClN2O3S/c1-2-10-19(17,18)15-8-5-11(6-9-15)14-12(16)4-3-7-13/h11H,2-10H2,1H3,(H,14,16). The number of hydrogen-bond acceptors (Lipinski definition) is 3. The Morgan fingerprint density at radius 3 is 2.53 bits per heavy atom. The molecule has 0 saturated carbocycles. The Kier molecular flexibility index (Phi) is 7.10. The predicted molar refractivity (Wildman–Crippen MR) is 76.8 cm³/mol. The van der Waals surface area contributed by atoms with Gasteiger partial charge in [0.15, 0.2) is 0 Å². The van der Waals surface area contributed by atoms with Crippen LogP contribution in [0.25, 0.3) is 0 Å². The van der Waals surface area contributed by atoms with Gasteiger partial charge in [-0.25, -0.2) is 12.7 Å². The summed E-state index contributed by atoms with van der Waals surface area (Å²) < 4.78 is 25.3. The number of hydrogen-bond donors (Lipinski definition) is 1. The maximum atomic E-state index is 11.9. The summed E-state index contributed by atoms with van der Waals surface area (Å²) >= 11 is 5.53. The highest BCUT2D eigenvalue weighted by Gasteiger charge is 2.27. The third-order valence-electron chi connectivity index (χ3n) is 3.21. The molecule has 112 valence electrons. The predicted octanol–water partition coefficient (Wildman–Crippen LogP) is 1.33. The quantitative estimate of drug-likeness (QED) is 0.721. The van der Waals surface area contributed by atoms with Crippen LogP contribution in [0.3, 0.4) is 0 Å². The van der Waals surface area contributed by atoms with E-state index >= 15 is 0 Å². The molecular weight excluding hydrogens is 288 g/mol. The maximum Gasteiger partial charge on any atom is 0.220 e. The Morgan fingerprint density at radius 2 is 2.00 bits per heavy atom. The zero-order valence-electron chi connectivity index (χ0n) is 11.4. The number of alkyl halides is 1. The van der Waals surface area contributed by atoms with Crippen molar-refractivity contribution in [3.05, 3.63) is 0 Å². The summed E-state index contributed by atoms with van der Waals surface area (Å²) in [6.07, 6.45) is 3.14. The summed E-state index contributed by atoms with van der Waals surface area (Å²) in [5.74, 6) is 0.705. The number of halogens is 1.